The largest absolute Gasteiger partial charge is 0.462 e. The molecule has 2 rings (SSSR count). The van der Waals surface area contributed by atoms with Gasteiger partial charge in [-0.05, 0) is 27.7 Å². The molecule has 0 amide bonds. The van der Waals surface area contributed by atoms with Gasteiger partial charge in [0, 0.05) is 12.3 Å². The average Bonchev–Trinajstić information content (AvgIpc) is 2.80. The number of H-pyrrole nitrogens is 1. The van der Waals surface area contributed by atoms with Crippen LogP contribution in [0.15, 0.2) is 21.9 Å². The zero-order valence-electron chi connectivity index (χ0n) is 17.3. The van der Waals surface area contributed by atoms with Gasteiger partial charge in [-0.3, -0.25) is 23.7 Å². The van der Waals surface area contributed by atoms with Gasteiger partial charge < -0.3 is 19.1 Å². The maximum Gasteiger partial charge on any atom is 0.330 e. The molecule has 0 saturated carbocycles. The quantitative estimate of drug-likeness (QED) is 0.253. The number of alkyl halides is 1. The second kappa shape index (κ2) is 9.15. The number of halogens is 1. The van der Waals surface area contributed by atoms with Crippen molar-refractivity contribution in [1.29, 1.82) is 0 Å². The number of aromatic amines is 1. The van der Waals surface area contributed by atoms with Gasteiger partial charge >= 0.3 is 11.7 Å². The summed E-state index contributed by atoms with van der Waals surface area (Å²) in [6.07, 6.45) is -2.62. The molecule has 30 heavy (non-hydrogen) atoms. The minimum Gasteiger partial charge on any atom is -0.462 e. The van der Waals surface area contributed by atoms with Crippen LogP contribution in [0, 0.1) is 0 Å². The van der Waals surface area contributed by atoms with Gasteiger partial charge in [-0.1, -0.05) is 0 Å². The number of ether oxygens (including phenoxy) is 2. The molecule has 168 valence electrons. The van der Waals surface area contributed by atoms with Crippen LogP contribution in [0.25, 0.3) is 0 Å². The molecule has 11 nitrogen and oxygen atoms in total. The number of esters is 1. The molecule has 1 saturated heterocycles. The van der Waals surface area contributed by atoms with Crippen molar-refractivity contribution in [3.63, 3.8) is 0 Å². The van der Waals surface area contributed by atoms with Crippen LogP contribution in [0.5, 0.6) is 0 Å². The molecule has 3 N–H and O–H groups in total. The number of carbonyl (C=O) groups is 1. The van der Waals surface area contributed by atoms with Crippen LogP contribution in [0.2, 0.25) is 0 Å². The van der Waals surface area contributed by atoms with Gasteiger partial charge in [0.1, 0.15) is 20.0 Å². The van der Waals surface area contributed by atoms with E-state index in [9.17, 15) is 24.1 Å². The Labute approximate surface area is 173 Å². The molecule has 0 radical (unpaired) electrons. The molecule has 1 fully saturated rings. The van der Waals surface area contributed by atoms with Crippen LogP contribution in [0.1, 0.15) is 33.9 Å². The van der Waals surface area contributed by atoms with E-state index in [0.29, 0.717) is 0 Å². The fraction of sp³-hybridized carbons (Fsp3) is 0.688. The van der Waals surface area contributed by atoms with Gasteiger partial charge in [0.05, 0.1) is 18.2 Å². The molecule has 0 bridgehead atoms. The summed E-state index contributed by atoms with van der Waals surface area (Å²) in [4.78, 5) is 37.0. The first-order valence-corrected chi connectivity index (χ1v) is 10.6. The number of aliphatic hydroxyl groups excluding tert-OH is 1. The van der Waals surface area contributed by atoms with Gasteiger partial charge in [-0.25, -0.2) is 14.3 Å². The van der Waals surface area contributed by atoms with E-state index in [1.807, 2.05) is 4.98 Å². The third kappa shape index (κ3) is 5.27. The third-order valence-corrected chi connectivity index (χ3v) is 5.69. The lowest BCUT2D eigenvalue weighted by Gasteiger charge is -2.28. The fourth-order valence-corrected chi connectivity index (χ4v) is 4.01. The van der Waals surface area contributed by atoms with E-state index in [0.717, 1.165) is 23.8 Å². The van der Waals surface area contributed by atoms with E-state index in [2.05, 4.69) is 5.09 Å². The number of carbonyl (C=O) groups excluding carboxylic acids is 1. The van der Waals surface area contributed by atoms with Crippen LogP contribution < -0.4 is 16.3 Å². The van der Waals surface area contributed by atoms with E-state index in [-0.39, 0.29) is 6.10 Å². The van der Waals surface area contributed by atoms with Crippen LogP contribution in [-0.4, -0.2) is 64.5 Å². The summed E-state index contributed by atoms with van der Waals surface area (Å²) in [7, 11) is -1.65. The van der Waals surface area contributed by atoms with E-state index in [1.165, 1.54) is 14.8 Å². The molecule has 1 unspecified atom stereocenters. The highest BCUT2D eigenvalue weighted by atomic mass is 31.1. The van der Waals surface area contributed by atoms with Crippen LogP contribution >= 0.6 is 8.18 Å². The maximum absolute atomic E-state index is 15.3. The summed E-state index contributed by atoms with van der Waals surface area (Å²) < 4.78 is 44.0. The first-order chi connectivity index (χ1) is 13.8. The minimum absolute atomic E-state index is 0.346. The van der Waals surface area contributed by atoms with Crippen molar-refractivity contribution in [3.8, 4) is 0 Å². The Hall–Kier alpha value is -1.79. The van der Waals surface area contributed by atoms with Gasteiger partial charge in [0.15, 0.2) is 11.9 Å². The van der Waals surface area contributed by atoms with Crippen LogP contribution in [0.4, 0.5) is 4.39 Å². The van der Waals surface area contributed by atoms with Crippen LogP contribution in [0.3, 0.4) is 0 Å². The fourth-order valence-electron chi connectivity index (χ4n) is 3.04. The lowest BCUT2D eigenvalue weighted by atomic mass is 9.74. The van der Waals surface area contributed by atoms with Crippen molar-refractivity contribution < 1.29 is 32.9 Å². The highest BCUT2D eigenvalue weighted by Crippen LogP contribution is 2.45. The topological polar surface area (TPSA) is 149 Å². The monoisotopic (exact) mass is 449 g/mol. The summed E-state index contributed by atoms with van der Waals surface area (Å²) in [5, 5.41) is 12.9. The number of aromatic nitrogens is 2. The third-order valence-electron chi connectivity index (χ3n) is 4.61. The predicted octanol–water partition coefficient (Wildman–Crippen LogP) is -1.18. The standard InChI is InChI=1S/C16H26BFN3O8P/c1-8(2)28-11(23)9(3)20-30(26)27-7-16(17)12(24)15(4,18)13(29-16)21-6-5-10(22)19-14(21)25/h5-6,8-9,12-13,24,30H,7,17H2,1-4H3,(H,20,26)(H,19,22,25)/t9-,12-,13+,15+,16+/m0/s1. The zero-order valence-corrected chi connectivity index (χ0v) is 18.3. The first-order valence-electron chi connectivity index (χ1n) is 9.28. The summed E-state index contributed by atoms with van der Waals surface area (Å²) >= 11 is 0. The smallest absolute Gasteiger partial charge is 0.330 e. The molecular weight excluding hydrogens is 423 g/mol. The molecule has 0 spiro atoms. The number of hydrogen-bond donors (Lipinski definition) is 3. The Morgan fingerprint density at radius 2 is 2.13 bits per heavy atom. The number of hydrogen-bond acceptors (Lipinski definition) is 8. The second-order valence-electron chi connectivity index (χ2n) is 7.78. The number of nitrogens with one attached hydrogen (secondary N) is 2. The maximum atomic E-state index is 15.3. The molecular formula is C16H26BFN3O8P. The van der Waals surface area contributed by atoms with Crippen molar-refractivity contribution in [1.82, 2.24) is 14.6 Å². The van der Waals surface area contributed by atoms with E-state index >= 15 is 4.39 Å². The second-order valence-corrected chi connectivity index (χ2v) is 8.93. The molecule has 1 aromatic heterocycles. The SMILES string of the molecule is B[C@]1(CO[PH](=O)N[C@@H](C)C(=O)OC(C)C)O[C@@H](n2ccc(=O)[nH]c2=O)[C@](C)(F)[C@@H]1O. The Morgan fingerprint density at radius 3 is 2.70 bits per heavy atom. The summed E-state index contributed by atoms with van der Waals surface area (Å²) in [5.41, 5.74) is -5.69. The number of rotatable bonds is 8. The molecule has 14 heteroatoms. The molecule has 1 aliphatic rings. The highest BCUT2D eigenvalue weighted by molar-refractivity contribution is 7.36. The Morgan fingerprint density at radius 1 is 1.50 bits per heavy atom. The average molecular weight is 449 g/mol. The first kappa shape index (κ1) is 24.5. The predicted molar refractivity (Wildman–Crippen MR) is 107 cm³/mol. The normalized spacial score (nSPS) is 30.9. The number of nitrogens with zero attached hydrogens (tertiary/aromatic N) is 1. The number of aliphatic hydroxyl groups is 1. The molecule has 1 aromatic rings. The molecule has 2 heterocycles. The summed E-state index contributed by atoms with van der Waals surface area (Å²) in [6.45, 7) is 5.32. The van der Waals surface area contributed by atoms with E-state index < -0.39 is 61.5 Å². The minimum atomic E-state index is -2.98. The lowest BCUT2D eigenvalue weighted by molar-refractivity contribution is -0.149. The highest BCUT2D eigenvalue weighted by Gasteiger charge is 2.61. The Kier molecular flexibility index (Phi) is 7.47. The van der Waals surface area contributed by atoms with Crippen molar-refractivity contribution in [3.05, 3.63) is 33.1 Å². The van der Waals surface area contributed by atoms with Gasteiger partial charge in [0.2, 0.25) is 0 Å². The van der Waals surface area contributed by atoms with E-state index in [4.69, 9.17) is 14.0 Å². The van der Waals surface area contributed by atoms with Gasteiger partial charge in [-0.2, -0.15) is 0 Å². The summed E-state index contributed by atoms with van der Waals surface area (Å²) in [5.74, 6) is -0.621. The molecule has 0 aliphatic carbocycles. The lowest BCUT2D eigenvalue weighted by Crippen LogP contribution is -2.50. The van der Waals surface area contributed by atoms with E-state index in [1.54, 1.807) is 13.8 Å². The Balaban J connectivity index is 2.08. The molecule has 1 aliphatic heterocycles. The van der Waals surface area contributed by atoms with Crippen molar-refractivity contribution >= 4 is 22.0 Å². The van der Waals surface area contributed by atoms with Crippen molar-refractivity contribution in [2.45, 2.75) is 63.3 Å². The summed E-state index contributed by atoms with van der Waals surface area (Å²) in [6, 6.07) is 0.0968. The van der Waals surface area contributed by atoms with Crippen LogP contribution in [-0.2, 0) is 23.4 Å². The zero-order chi connectivity index (χ0) is 22.9. The van der Waals surface area contributed by atoms with Crippen molar-refractivity contribution in [2.24, 2.45) is 0 Å². The Bertz CT molecular complexity index is 922. The molecule has 0 aromatic carbocycles. The van der Waals surface area contributed by atoms with Gasteiger partial charge in [-0.15, -0.1) is 0 Å². The van der Waals surface area contributed by atoms with Crippen molar-refractivity contribution in [2.75, 3.05) is 6.61 Å². The molecule has 6 atom stereocenters. The van der Waals surface area contributed by atoms with Gasteiger partial charge in [0.25, 0.3) is 13.7 Å².